The van der Waals surface area contributed by atoms with Gasteiger partial charge in [-0.1, -0.05) is 12.1 Å². The lowest BCUT2D eigenvalue weighted by Crippen LogP contribution is -2.39. The fraction of sp³-hybridized carbons (Fsp3) is 0.333. The van der Waals surface area contributed by atoms with Crippen LogP contribution in [0.4, 0.5) is 11.4 Å². The van der Waals surface area contributed by atoms with Crippen LogP contribution in [-0.4, -0.2) is 22.2 Å². The van der Waals surface area contributed by atoms with Gasteiger partial charge in [0.15, 0.2) is 0 Å². The van der Waals surface area contributed by atoms with Crippen LogP contribution in [-0.2, 0) is 17.9 Å². The zero-order valence-electron chi connectivity index (χ0n) is 11.8. The van der Waals surface area contributed by atoms with Gasteiger partial charge in [0, 0.05) is 6.54 Å². The third-order valence-electron chi connectivity index (χ3n) is 3.53. The molecular formula is C15H18N4O. The molecule has 2 heterocycles. The van der Waals surface area contributed by atoms with Crippen molar-refractivity contribution >= 4 is 17.3 Å². The number of anilines is 2. The minimum atomic E-state index is 0.0882. The van der Waals surface area contributed by atoms with E-state index in [0.29, 0.717) is 13.1 Å². The van der Waals surface area contributed by atoms with Gasteiger partial charge in [-0.2, -0.15) is 5.10 Å². The lowest BCUT2D eigenvalue weighted by molar-refractivity contribution is -0.117. The fourth-order valence-corrected chi connectivity index (χ4v) is 2.59. The molecule has 1 N–H and O–H groups in total. The minimum absolute atomic E-state index is 0.0882. The molecule has 0 atom stereocenters. The molecular weight excluding hydrogens is 252 g/mol. The van der Waals surface area contributed by atoms with Crippen molar-refractivity contribution < 1.29 is 4.79 Å². The number of rotatable bonds is 3. The Morgan fingerprint density at radius 2 is 2.15 bits per heavy atom. The monoisotopic (exact) mass is 270 g/mol. The summed E-state index contributed by atoms with van der Waals surface area (Å²) >= 11 is 0. The molecule has 0 radical (unpaired) electrons. The molecule has 0 spiro atoms. The molecule has 0 saturated heterocycles. The largest absolute Gasteiger partial charge is 0.374 e. The van der Waals surface area contributed by atoms with Crippen LogP contribution in [0.25, 0.3) is 0 Å². The summed E-state index contributed by atoms with van der Waals surface area (Å²) in [6, 6.07) is 9.94. The van der Waals surface area contributed by atoms with Crippen molar-refractivity contribution in [2.75, 3.05) is 16.8 Å². The number of fused-ring (bicyclic) bond motifs is 1. The van der Waals surface area contributed by atoms with Crippen LogP contribution in [0, 0.1) is 6.92 Å². The third kappa shape index (κ3) is 2.15. The van der Waals surface area contributed by atoms with E-state index in [0.717, 1.165) is 29.3 Å². The first-order valence-electron chi connectivity index (χ1n) is 6.85. The highest BCUT2D eigenvalue weighted by Gasteiger charge is 2.24. The average Bonchev–Trinajstić information content (AvgIpc) is 2.82. The molecule has 0 fully saturated rings. The summed E-state index contributed by atoms with van der Waals surface area (Å²) in [6.07, 6.45) is 0. The summed E-state index contributed by atoms with van der Waals surface area (Å²) in [4.78, 5) is 14.0. The number of carbonyl (C=O) groups excluding carboxylic acids is 1. The molecule has 1 aliphatic heterocycles. The molecule has 2 aromatic rings. The smallest absolute Gasteiger partial charge is 0.246 e. The number of aromatic nitrogens is 2. The molecule has 0 saturated carbocycles. The number of hydrogen-bond donors (Lipinski definition) is 1. The van der Waals surface area contributed by atoms with E-state index in [1.165, 1.54) is 0 Å². The number of carbonyl (C=O) groups is 1. The zero-order valence-corrected chi connectivity index (χ0v) is 11.8. The highest BCUT2D eigenvalue weighted by atomic mass is 16.2. The molecule has 0 bridgehead atoms. The molecule has 3 rings (SSSR count). The molecule has 104 valence electrons. The number of nitrogens with zero attached hydrogens (tertiary/aromatic N) is 3. The van der Waals surface area contributed by atoms with Crippen molar-refractivity contribution in [3.05, 3.63) is 41.7 Å². The van der Waals surface area contributed by atoms with Crippen LogP contribution in [0.2, 0.25) is 0 Å². The number of amides is 1. The first-order chi connectivity index (χ1) is 9.69. The van der Waals surface area contributed by atoms with Gasteiger partial charge in [-0.25, -0.2) is 0 Å². The first-order valence-corrected chi connectivity index (χ1v) is 6.85. The highest BCUT2D eigenvalue weighted by molar-refractivity contribution is 6.02. The van der Waals surface area contributed by atoms with Gasteiger partial charge in [-0.05, 0) is 32.0 Å². The van der Waals surface area contributed by atoms with Gasteiger partial charge < -0.3 is 10.2 Å². The Morgan fingerprint density at radius 1 is 1.35 bits per heavy atom. The van der Waals surface area contributed by atoms with Crippen LogP contribution >= 0.6 is 0 Å². The molecule has 1 aromatic carbocycles. The number of benzene rings is 1. The summed E-state index contributed by atoms with van der Waals surface area (Å²) in [5.41, 5.74) is 3.99. The molecule has 0 unspecified atom stereocenters. The van der Waals surface area contributed by atoms with Crippen molar-refractivity contribution in [3.8, 4) is 0 Å². The van der Waals surface area contributed by atoms with Crippen molar-refractivity contribution in [2.45, 2.75) is 26.9 Å². The van der Waals surface area contributed by atoms with Crippen molar-refractivity contribution in [1.29, 1.82) is 0 Å². The van der Waals surface area contributed by atoms with Crippen LogP contribution < -0.4 is 10.2 Å². The van der Waals surface area contributed by atoms with Gasteiger partial charge in [-0.3, -0.25) is 9.48 Å². The predicted octanol–water partition coefficient (Wildman–Crippen LogP) is 2.17. The first kappa shape index (κ1) is 12.7. The fourth-order valence-electron chi connectivity index (χ4n) is 2.59. The van der Waals surface area contributed by atoms with Gasteiger partial charge in [0.2, 0.25) is 5.91 Å². The van der Waals surface area contributed by atoms with Gasteiger partial charge in [0.1, 0.15) is 0 Å². The predicted molar refractivity (Wildman–Crippen MR) is 78.8 cm³/mol. The molecule has 1 aromatic heterocycles. The molecule has 5 nitrogen and oxygen atoms in total. The number of hydrogen-bond acceptors (Lipinski definition) is 3. The van der Waals surface area contributed by atoms with Crippen LogP contribution in [0.5, 0.6) is 0 Å². The van der Waals surface area contributed by atoms with Crippen LogP contribution in [0.15, 0.2) is 30.3 Å². The second-order valence-electron chi connectivity index (χ2n) is 4.94. The van der Waals surface area contributed by atoms with Crippen LogP contribution in [0.1, 0.15) is 18.3 Å². The average molecular weight is 270 g/mol. The lowest BCUT2D eigenvalue weighted by atomic mass is 10.2. The minimum Gasteiger partial charge on any atom is -0.374 e. The molecule has 0 aliphatic carbocycles. The van der Waals surface area contributed by atoms with Crippen LogP contribution in [0.3, 0.4) is 0 Å². The lowest BCUT2D eigenvalue weighted by Gasteiger charge is -2.30. The Balaban J connectivity index is 1.95. The second kappa shape index (κ2) is 5.00. The van der Waals surface area contributed by atoms with Gasteiger partial charge in [-0.15, -0.1) is 0 Å². The second-order valence-corrected chi connectivity index (χ2v) is 4.94. The van der Waals surface area contributed by atoms with E-state index in [4.69, 9.17) is 0 Å². The standard InChI is InChI=1S/C15H18N4O/c1-3-19-12(8-11(2)17-19)10-18-14-7-5-4-6-13(14)16-9-15(18)20/h4-8,16H,3,9-10H2,1-2H3. The SMILES string of the molecule is CCn1nc(C)cc1CN1C(=O)CNc2ccccc21. The Labute approximate surface area is 118 Å². The van der Waals surface area contributed by atoms with E-state index in [2.05, 4.69) is 17.3 Å². The summed E-state index contributed by atoms with van der Waals surface area (Å²) in [6.45, 7) is 5.75. The molecule has 1 aliphatic rings. The van der Waals surface area contributed by atoms with E-state index >= 15 is 0 Å². The van der Waals surface area contributed by atoms with E-state index in [1.807, 2.05) is 46.8 Å². The third-order valence-corrected chi connectivity index (χ3v) is 3.53. The Morgan fingerprint density at radius 3 is 2.95 bits per heavy atom. The van der Waals surface area contributed by atoms with E-state index in [-0.39, 0.29) is 5.91 Å². The van der Waals surface area contributed by atoms with Gasteiger partial charge in [0.05, 0.1) is 35.9 Å². The Hall–Kier alpha value is -2.30. The summed E-state index contributed by atoms with van der Waals surface area (Å²) in [5, 5.41) is 7.59. The maximum Gasteiger partial charge on any atom is 0.246 e. The molecule has 1 amide bonds. The Bertz CT molecular complexity index is 647. The van der Waals surface area contributed by atoms with Gasteiger partial charge in [0.25, 0.3) is 0 Å². The Kier molecular flexibility index (Phi) is 3.18. The van der Waals surface area contributed by atoms with Crippen molar-refractivity contribution in [3.63, 3.8) is 0 Å². The van der Waals surface area contributed by atoms with Crippen molar-refractivity contribution in [1.82, 2.24) is 9.78 Å². The quantitative estimate of drug-likeness (QED) is 0.930. The maximum atomic E-state index is 12.2. The normalized spacial score (nSPS) is 14.1. The number of aryl methyl sites for hydroxylation is 2. The van der Waals surface area contributed by atoms with Gasteiger partial charge >= 0.3 is 0 Å². The van der Waals surface area contributed by atoms with E-state index < -0.39 is 0 Å². The van der Waals surface area contributed by atoms with E-state index in [9.17, 15) is 4.79 Å². The molecule has 5 heteroatoms. The summed E-state index contributed by atoms with van der Waals surface area (Å²) < 4.78 is 1.95. The number of para-hydroxylation sites is 2. The molecule has 20 heavy (non-hydrogen) atoms. The summed E-state index contributed by atoms with van der Waals surface area (Å²) in [5.74, 6) is 0.0882. The summed E-state index contributed by atoms with van der Waals surface area (Å²) in [7, 11) is 0. The maximum absolute atomic E-state index is 12.2. The zero-order chi connectivity index (χ0) is 14.1. The highest BCUT2D eigenvalue weighted by Crippen LogP contribution is 2.30. The van der Waals surface area contributed by atoms with Crippen molar-refractivity contribution in [2.24, 2.45) is 0 Å². The van der Waals surface area contributed by atoms with E-state index in [1.54, 1.807) is 0 Å². The topological polar surface area (TPSA) is 50.2 Å². The number of nitrogens with one attached hydrogen (secondary N) is 1.